The maximum absolute atomic E-state index is 6.15. The fourth-order valence-corrected chi connectivity index (χ4v) is 2.89. The number of nitrogens with two attached hydrogens (primary N) is 1. The molecule has 2 saturated heterocycles. The summed E-state index contributed by atoms with van der Waals surface area (Å²) in [4.78, 5) is 2.57. The first kappa shape index (κ1) is 11.4. The molecule has 88 valence electrons. The summed E-state index contributed by atoms with van der Waals surface area (Å²) in [6, 6.07) is 0.277. The Morgan fingerprint density at radius 1 is 1.40 bits per heavy atom. The molecule has 3 nitrogen and oxygen atoms in total. The molecule has 0 aromatic carbocycles. The number of ether oxygens (including phenoxy) is 1. The van der Waals surface area contributed by atoms with Gasteiger partial charge in [-0.3, -0.25) is 0 Å². The number of piperidine rings is 1. The molecule has 0 bridgehead atoms. The molecule has 0 aromatic rings. The van der Waals surface area contributed by atoms with Gasteiger partial charge >= 0.3 is 0 Å². The highest BCUT2D eigenvalue weighted by molar-refractivity contribution is 4.97. The van der Waals surface area contributed by atoms with E-state index in [2.05, 4.69) is 18.7 Å². The highest BCUT2D eigenvalue weighted by Gasteiger charge is 2.43. The molecule has 15 heavy (non-hydrogen) atoms. The van der Waals surface area contributed by atoms with Crippen molar-refractivity contribution in [1.82, 2.24) is 4.90 Å². The lowest BCUT2D eigenvalue weighted by molar-refractivity contribution is 0.0704. The van der Waals surface area contributed by atoms with Gasteiger partial charge in [-0.2, -0.15) is 0 Å². The first-order valence-electron chi connectivity index (χ1n) is 6.18. The number of hydrogen-bond acceptors (Lipinski definition) is 3. The molecule has 1 atom stereocenters. The van der Waals surface area contributed by atoms with Gasteiger partial charge in [0.2, 0.25) is 0 Å². The molecule has 2 heterocycles. The van der Waals surface area contributed by atoms with Gasteiger partial charge in [-0.05, 0) is 31.8 Å². The Labute approximate surface area is 93.0 Å². The molecule has 0 saturated carbocycles. The molecule has 2 fully saturated rings. The number of likely N-dealkylation sites (tertiary alicyclic amines) is 1. The van der Waals surface area contributed by atoms with Crippen molar-refractivity contribution in [3.8, 4) is 0 Å². The normalized spacial score (nSPS) is 31.6. The van der Waals surface area contributed by atoms with Crippen molar-refractivity contribution < 1.29 is 4.74 Å². The van der Waals surface area contributed by atoms with Crippen molar-refractivity contribution >= 4 is 0 Å². The Balaban J connectivity index is 1.86. The van der Waals surface area contributed by atoms with Gasteiger partial charge in [0.15, 0.2) is 0 Å². The van der Waals surface area contributed by atoms with Crippen LogP contribution in [0.25, 0.3) is 0 Å². The molecule has 2 aliphatic rings. The zero-order valence-corrected chi connectivity index (χ0v) is 10.0. The first-order valence-corrected chi connectivity index (χ1v) is 6.18. The van der Waals surface area contributed by atoms with E-state index in [1.165, 1.54) is 32.5 Å². The van der Waals surface area contributed by atoms with Crippen LogP contribution in [0.5, 0.6) is 0 Å². The van der Waals surface area contributed by atoms with Crippen LogP contribution in [0.1, 0.15) is 26.7 Å². The second-order valence-corrected chi connectivity index (χ2v) is 5.68. The third-order valence-electron chi connectivity index (χ3n) is 3.95. The standard InChI is InChI=1S/C12H24N2O/c1-10(2)7-14-5-3-12(4-6-14)9-15-8-11(12)13/h10-11H,3-9,13H2,1-2H3/t11-/m1/s1. The fourth-order valence-electron chi connectivity index (χ4n) is 2.89. The quantitative estimate of drug-likeness (QED) is 0.744. The van der Waals surface area contributed by atoms with Crippen LogP contribution in [0, 0.1) is 11.3 Å². The van der Waals surface area contributed by atoms with Gasteiger partial charge in [0.25, 0.3) is 0 Å². The summed E-state index contributed by atoms with van der Waals surface area (Å²) in [5, 5.41) is 0. The van der Waals surface area contributed by atoms with E-state index in [0.29, 0.717) is 5.41 Å². The van der Waals surface area contributed by atoms with Gasteiger partial charge in [0.1, 0.15) is 0 Å². The van der Waals surface area contributed by atoms with Crippen molar-refractivity contribution in [2.24, 2.45) is 17.1 Å². The zero-order valence-electron chi connectivity index (χ0n) is 10.0. The summed E-state index contributed by atoms with van der Waals surface area (Å²) in [6.07, 6.45) is 2.45. The summed E-state index contributed by atoms with van der Waals surface area (Å²) < 4.78 is 5.52. The van der Waals surface area contributed by atoms with Crippen LogP contribution in [0.3, 0.4) is 0 Å². The number of rotatable bonds is 2. The average molecular weight is 212 g/mol. The van der Waals surface area contributed by atoms with Crippen molar-refractivity contribution in [2.75, 3.05) is 32.8 Å². The minimum atomic E-state index is 0.277. The Bertz CT molecular complexity index is 210. The minimum Gasteiger partial charge on any atom is -0.379 e. The summed E-state index contributed by atoms with van der Waals surface area (Å²) in [7, 11) is 0. The Kier molecular flexibility index (Phi) is 3.33. The molecule has 2 rings (SSSR count). The molecule has 0 unspecified atom stereocenters. The van der Waals surface area contributed by atoms with Crippen molar-refractivity contribution in [1.29, 1.82) is 0 Å². The molecule has 0 radical (unpaired) electrons. The Morgan fingerprint density at radius 2 is 2.07 bits per heavy atom. The van der Waals surface area contributed by atoms with E-state index in [9.17, 15) is 0 Å². The summed E-state index contributed by atoms with van der Waals surface area (Å²) >= 11 is 0. The smallest absolute Gasteiger partial charge is 0.0624 e. The van der Waals surface area contributed by atoms with Gasteiger partial charge in [0, 0.05) is 18.0 Å². The third-order valence-corrected chi connectivity index (χ3v) is 3.95. The Morgan fingerprint density at radius 3 is 2.53 bits per heavy atom. The lowest BCUT2D eigenvalue weighted by Crippen LogP contribution is -2.49. The molecule has 0 amide bonds. The number of hydrogen-bond donors (Lipinski definition) is 1. The second-order valence-electron chi connectivity index (χ2n) is 5.68. The van der Waals surface area contributed by atoms with Gasteiger partial charge in [-0.25, -0.2) is 0 Å². The summed E-state index contributed by atoms with van der Waals surface area (Å²) in [5.74, 6) is 0.771. The topological polar surface area (TPSA) is 38.5 Å². The van der Waals surface area contributed by atoms with E-state index in [4.69, 9.17) is 10.5 Å². The van der Waals surface area contributed by atoms with E-state index >= 15 is 0 Å². The van der Waals surface area contributed by atoms with Gasteiger partial charge in [-0.1, -0.05) is 13.8 Å². The van der Waals surface area contributed by atoms with E-state index in [1.54, 1.807) is 0 Å². The third kappa shape index (κ3) is 2.35. The van der Waals surface area contributed by atoms with Crippen LogP contribution in [0.2, 0.25) is 0 Å². The maximum Gasteiger partial charge on any atom is 0.0624 e. The summed E-state index contributed by atoms with van der Waals surface area (Å²) in [6.45, 7) is 9.87. The lowest BCUT2D eigenvalue weighted by Gasteiger charge is -2.41. The minimum absolute atomic E-state index is 0.277. The van der Waals surface area contributed by atoms with Crippen molar-refractivity contribution in [3.63, 3.8) is 0 Å². The van der Waals surface area contributed by atoms with Gasteiger partial charge < -0.3 is 15.4 Å². The van der Waals surface area contributed by atoms with Crippen LogP contribution < -0.4 is 5.73 Å². The fraction of sp³-hybridized carbons (Fsp3) is 1.00. The zero-order chi connectivity index (χ0) is 10.9. The van der Waals surface area contributed by atoms with Crippen molar-refractivity contribution in [3.05, 3.63) is 0 Å². The monoisotopic (exact) mass is 212 g/mol. The van der Waals surface area contributed by atoms with Crippen LogP contribution in [-0.2, 0) is 4.74 Å². The predicted molar refractivity (Wildman–Crippen MR) is 61.7 cm³/mol. The van der Waals surface area contributed by atoms with Crippen LogP contribution in [-0.4, -0.2) is 43.8 Å². The molecular weight excluding hydrogens is 188 g/mol. The molecule has 0 aliphatic carbocycles. The van der Waals surface area contributed by atoms with Gasteiger partial charge in [0.05, 0.1) is 13.2 Å². The number of nitrogens with zero attached hydrogens (tertiary/aromatic N) is 1. The van der Waals surface area contributed by atoms with Crippen molar-refractivity contribution in [2.45, 2.75) is 32.7 Å². The lowest BCUT2D eigenvalue weighted by atomic mass is 9.75. The molecule has 1 spiro atoms. The molecular formula is C12H24N2O. The van der Waals surface area contributed by atoms with E-state index < -0.39 is 0 Å². The predicted octanol–water partition coefficient (Wildman–Crippen LogP) is 1.08. The van der Waals surface area contributed by atoms with Crippen LogP contribution >= 0.6 is 0 Å². The molecule has 0 aromatic heterocycles. The van der Waals surface area contributed by atoms with Gasteiger partial charge in [-0.15, -0.1) is 0 Å². The maximum atomic E-state index is 6.15. The van der Waals surface area contributed by atoms with Crippen LogP contribution in [0.15, 0.2) is 0 Å². The second kappa shape index (κ2) is 4.40. The SMILES string of the molecule is CC(C)CN1CCC2(CC1)COC[C@H]2N. The van der Waals surface area contributed by atoms with Crippen LogP contribution in [0.4, 0.5) is 0 Å². The van der Waals surface area contributed by atoms with E-state index in [0.717, 1.165) is 19.1 Å². The van der Waals surface area contributed by atoms with E-state index in [-0.39, 0.29) is 6.04 Å². The first-order chi connectivity index (χ1) is 7.12. The molecule has 2 N–H and O–H groups in total. The molecule has 2 aliphatic heterocycles. The highest BCUT2D eigenvalue weighted by Crippen LogP contribution is 2.38. The summed E-state index contributed by atoms with van der Waals surface area (Å²) in [5.41, 5.74) is 6.46. The molecule has 3 heteroatoms. The van der Waals surface area contributed by atoms with E-state index in [1.807, 2.05) is 0 Å². The Hall–Kier alpha value is -0.120. The largest absolute Gasteiger partial charge is 0.379 e. The average Bonchev–Trinajstić information content (AvgIpc) is 2.52. The highest BCUT2D eigenvalue weighted by atomic mass is 16.5.